The van der Waals surface area contributed by atoms with Gasteiger partial charge >= 0.3 is 0 Å². The van der Waals surface area contributed by atoms with Gasteiger partial charge < -0.3 is 4.74 Å². The molecule has 2 unspecified atom stereocenters. The fraction of sp³-hybridized carbons (Fsp3) is 0.500. The lowest BCUT2D eigenvalue weighted by molar-refractivity contribution is 0.334. The van der Waals surface area contributed by atoms with E-state index in [-0.39, 0.29) is 0 Å². The standard InChI is InChI=1S/C12H17BrO/c1-4-14-12-8-6-5-7-11(12)9(2)10(3)13/h5-10H,4H2,1-3H3. The van der Waals surface area contributed by atoms with Gasteiger partial charge in [0.25, 0.3) is 0 Å². The Labute approximate surface area is 94.6 Å². The first-order chi connectivity index (χ1) is 6.66. The van der Waals surface area contributed by atoms with Gasteiger partial charge in [0.15, 0.2) is 0 Å². The Balaban J connectivity index is 2.94. The molecule has 0 amide bonds. The predicted molar refractivity (Wildman–Crippen MR) is 64.4 cm³/mol. The molecule has 0 radical (unpaired) electrons. The third-order valence-electron chi connectivity index (χ3n) is 2.40. The fourth-order valence-corrected chi connectivity index (χ4v) is 1.68. The first kappa shape index (κ1) is 11.6. The van der Waals surface area contributed by atoms with E-state index >= 15 is 0 Å². The van der Waals surface area contributed by atoms with Gasteiger partial charge in [-0.15, -0.1) is 0 Å². The Morgan fingerprint density at radius 2 is 1.93 bits per heavy atom. The molecule has 1 aromatic carbocycles. The lowest BCUT2D eigenvalue weighted by atomic mass is 9.98. The predicted octanol–water partition coefficient (Wildman–Crippen LogP) is 3.97. The highest BCUT2D eigenvalue weighted by atomic mass is 79.9. The van der Waals surface area contributed by atoms with Crippen molar-refractivity contribution < 1.29 is 4.74 Å². The van der Waals surface area contributed by atoms with E-state index in [1.807, 2.05) is 19.1 Å². The van der Waals surface area contributed by atoms with Crippen molar-refractivity contribution in [1.82, 2.24) is 0 Å². The van der Waals surface area contributed by atoms with Gasteiger partial charge in [-0.05, 0) is 24.5 Å². The number of halogens is 1. The molecule has 0 spiro atoms. The van der Waals surface area contributed by atoms with Crippen LogP contribution in [0.3, 0.4) is 0 Å². The molecule has 1 nitrogen and oxygen atoms in total. The molecule has 78 valence electrons. The molecule has 1 rings (SSSR count). The molecule has 0 aliphatic heterocycles. The minimum atomic E-state index is 0.462. The molecule has 0 N–H and O–H groups in total. The van der Waals surface area contributed by atoms with Crippen LogP contribution in [0.4, 0.5) is 0 Å². The number of benzene rings is 1. The van der Waals surface area contributed by atoms with Crippen LogP contribution in [-0.2, 0) is 0 Å². The van der Waals surface area contributed by atoms with Crippen LogP contribution in [0.5, 0.6) is 5.75 Å². The first-order valence-corrected chi connectivity index (χ1v) is 5.94. The summed E-state index contributed by atoms with van der Waals surface area (Å²) in [6.07, 6.45) is 0. The summed E-state index contributed by atoms with van der Waals surface area (Å²) >= 11 is 3.61. The van der Waals surface area contributed by atoms with Crippen molar-refractivity contribution in [3.63, 3.8) is 0 Å². The normalized spacial score (nSPS) is 14.9. The van der Waals surface area contributed by atoms with Gasteiger partial charge in [-0.1, -0.05) is 48.0 Å². The molecule has 0 fully saturated rings. The van der Waals surface area contributed by atoms with Gasteiger partial charge in [-0.3, -0.25) is 0 Å². The average molecular weight is 257 g/mol. The van der Waals surface area contributed by atoms with E-state index in [1.54, 1.807) is 0 Å². The van der Waals surface area contributed by atoms with E-state index in [4.69, 9.17) is 4.74 Å². The summed E-state index contributed by atoms with van der Waals surface area (Å²) in [5.74, 6) is 1.48. The van der Waals surface area contributed by atoms with Crippen LogP contribution in [0.15, 0.2) is 24.3 Å². The van der Waals surface area contributed by atoms with Crippen LogP contribution in [0.25, 0.3) is 0 Å². The van der Waals surface area contributed by atoms with E-state index in [9.17, 15) is 0 Å². The number of alkyl halides is 1. The topological polar surface area (TPSA) is 9.23 Å². The maximum absolute atomic E-state index is 5.59. The summed E-state index contributed by atoms with van der Waals surface area (Å²) < 4.78 is 5.59. The van der Waals surface area contributed by atoms with Crippen molar-refractivity contribution >= 4 is 15.9 Å². The number of rotatable bonds is 4. The van der Waals surface area contributed by atoms with Gasteiger partial charge in [-0.2, -0.15) is 0 Å². The Kier molecular flexibility index (Phi) is 4.46. The van der Waals surface area contributed by atoms with Crippen molar-refractivity contribution in [2.75, 3.05) is 6.61 Å². The Hall–Kier alpha value is -0.500. The van der Waals surface area contributed by atoms with Crippen molar-refractivity contribution in [1.29, 1.82) is 0 Å². The smallest absolute Gasteiger partial charge is 0.122 e. The van der Waals surface area contributed by atoms with Crippen LogP contribution >= 0.6 is 15.9 Å². The molecule has 0 aliphatic rings. The highest BCUT2D eigenvalue weighted by Gasteiger charge is 2.15. The van der Waals surface area contributed by atoms with E-state index in [0.717, 1.165) is 12.4 Å². The lowest BCUT2D eigenvalue weighted by Crippen LogP contribution is -2.07. The quantitative estimate of drug-likeness (QED) is 0.741. The molecule has 0 saturated heterocycles. The Morgan fingerprint density at radius 3 is 2.50 bits per heavy atom. The van der Waals surface area contributed by atoms with Gasteiger partial charge in [0, 0.05) is 4.83 Å². The third-order valence-corrected chi connectivity index (χ3v) is 3.19. The van der Waals surface area contributed by atoms with Crippen molar-refractivity contribution in [3.8, 4) is 5.75 Å². The average Bonchev–Trinajstić information content (AvgIpc) is 2.18. The summed E-state index contributed by atoms with van der Waals surface area (Å²) in [7, 11) is 0. The van der Waals surface area contributed by atoms with Gasteiger partial charge in [-0.25, -0.2) is 0 Å². The molecule has 0 bridgehead atoms. The fourth-order valence-electron chi connectivity index (χ4n) is 1.39. The molecule has 0 aliphatic carbocycles. The maximum atomic E-state index is 5.59. The first-order valence-electron chi connectivity index (χ1n) is 5.02. The van der Waals surface area contributed by atoms with E-state index in [0.29, 0.717) is 10.7 Å². The summed E-state index contributed by atoms with van der Waals surface area (Å²) in [4.78, 5) is 0.462. The minimum Gasteiger partial charge on any atom is -0.494 e. The minimum absolute atomic E-state index is 0.462. The summed E-state index contributed by atoms with van der Waals surface area (Å²) in [5.41, 5.74) is 1.28. The number of hydrogen-bond acceptors (Lipinski definition) is 1. The summed E-state index contributed by atoms with van der Waals surface area (Å²) in [6, 6.07) is 8.24. The molecule has 0 saturated carbocycles. The van der Waals surface area contributed by atoms with Crippen LogP contribution in [0, 0.1) is 0 Å². The second-order valence-electron chi connectivity index (χ2n) is 3.44. The number of para-hydroxylation sites is 1. The lowest BCUT2D eigenvalue weighted by Gasteiger charge is -2.18. The zero-order chi connectivity index (χ0) is 10.6. The SMILES string of the molecule is CCOc1ccccc1C(C)C(C)Br. The largest absolute Gasteiger partial charge is 0.494 e. The Morgan fingerprint density at radius 1 is 1.29 bits per heavy atom. The molecular weight excluding hydrogens is 240 g/mol. The zero-order valence-electron chi connectivity index (χ0n) is 8.96. The maximum Gasteiger partial charge on any atom is 0.122 e. The summed E-state index contributed by atoms with van der Waals surface area (Å²) in [5, 5.41) is 0. The van der Waals surface area contributed by atoms with Gasteiger partial charge in [0.1, 0.15) is 5.75 Å². The van der Waals surface area contributed by atoms with E-state index in [1.165, 1.54) is 5.56 Å². The molecule has 0 aromatic heterocycles. The second-order valence-corrected chi connectivity index (χ2v) is 4.88. The number of hydrogen-bond donors (Lipinski definition) is 0. The van der Waals surface area contributed by atoms with Gasteiger partial charge in [0.05, 0.1) is 6.61 Å². The monoisotopic (exact) mass is 256 g/mol. The van der Waals surface area contributed by atoms with E-state index < -0.39 is 0 Å². The van der Waals surface area contributed by atoms with E-state index in [2.05, 4.69) is 41.9 Å². The van der Waals surface area contributed by atoms with Crippen LogP contribution in [0.1, 0.15) is 32.3 Å². The summed E-state index contributed by atoms with van der Waals surface area (Å²) in [6.45, 7) is 7.10. The molecule has 2 heteroatoms. The number of ether oxygens (including phenoxy) is 1. The Bertz CT molecular complexity index is 283. The highest BCUT2D eigenvalue weighted by molar-refractivity contribution is 9.09. The zero-order valence-corrected chi connectivity index (χ0v) is 10.5. The highest BCUT2D eigenvalue weighted by Crippen LogP contribution is 2.31. The molecule has 2 atom stereocenters. The van der Waals surface area contributed by atoms with Crippen molar-refractivity contribution in [3.05, 3.63) is 29.8 Å². The third kappa shape index (κ3) is 2.74. The van der Waals surface area contributed by atoms with Crippen LogP contribution < -0.4 is 4.74 Å². The molecule has 14 heavy (non-hydrogen) atoms. The van der Waals surface area contributed by atoms with Crippen molar-refractivity contribution in [2.24, 2.45) is 0 Å². The van der Waals surface area contributed by atoms with Gasteiger partial charge in [0.2, 0.25) is 0 Å². The molecule has 0 heterocycles. The van der Waals surface area contributed by atoms with Crippen molar-refractivity contribution in [2.45, 2.75) is 31.5 Å². The van der Waals surface area contributed by atoms with Crippen LogP contribution in [-0.4, -0.2) is 11.4 Å². The molecule has 1 aromatic rings. The van der Waals surface area contributed by atoms with Crippen LogP contribution in [0.2, 0.25) is 0 Å². The molecular formula is C12H17BrO. The second kappa shape index (κ2) is 5.40.